The van der Waals surface area contributed by atoms with Crippen LogP contribution in [0, 0.1) is 5.21 Å². The van der Waals surface area contributed by atoms with Gasteiger partial charge in [0.1, 0.15) is 0 Å². The average molecular weight is 127 g/mol. The maximum Gasteiger partial charge on any atom is 1.00 e. The normalized spacial score (nSPS) is 6.75. The molecule has 42 valence electrons. The van der Waals surface area contributed by atoms with E-state index in [2.05, 4.69) is 4.74 Å². The van der Waals surface area contributed by atoms with Gasteiger partial charge >= 0.3 is 35.7 Å². The molecule has 0 aromatic heterocycles. The zero-order valence-electron chi connectivity index (χ0n) is 4.93. The van der Waals surface area contributed by atoms with Crippen LogP contribution in [0.25, 0.3) is 0 Å². The molecule has 0 saturated carbocycles. The number of carbonyl (C=O) groups is 1. The van der Waals surface area contributed by atoms with Crippen LogP contribution in [0.3, 0.4) is 0 Å². The van der Waals surface area contributed by atoms with Gasteiger partial charge in [0.05, 0.1) is 6.61 Å². The predicted octanol–water partition coefficient (Wildman–Crippen LogP) is -2.77. The van der Waals surface area contributed by atoms with Gasteiger partial charge in [-0.2, -0.15) is 0 Å². The molecule has 0 spiro atoms. The molecule has 0 aliphatic heterocycles. The van der Waals surface area contributed by atoms with Crippen LogP contribution in [0.5, 0.6) is 0 Å². The van der Waals surface area contributed by atoms with Crippen molar-refractivity contribution in [2.45, 2.75) is 6.92 Å². The largest absolute Gasteiger partial charge is 1.00 e. The maximum absolute atomic E-state index is 9.77. The number of hydrogen-bond acceptors (Lipinski definition) is 3. The summed E-state index contributed by atoms with van der Waals surface area (Å²) in [7, 11) is 0. The molecular weight excluding hydrogens is 121 g/mol. The van der Waals surface area contributed by atoms with Crippen molar-refractivity contribution < 1.29 is 39.1 Å². The van der Waals surface area contributed by atoms with Gasteiger partial charge in [0, 0.05) is 0 Å². The molecular formula is C3H6NNaO3. The molecule has 5 heteroatoms. The third-order valence-corrected chi connectivity index (χ3v) is 0.359. The van der Waals surface area contributed by atoms with Gasteiger partial charge in [0.2, 0.25) is 0 Å². The molecule has 4 nitrogen and oxygen atoms in total. The fraction of sp³-hybridized carbons (Fsp3) is 0.667. The summed E-state index contributed by atoms with van der Waals surface area (Å²) in [5.74, 6) is 0. The van der Waals surface area contributed by atoms with Crippen molar-refractivity contribution in [3.05, 3.63) is 5.21 Å². The Morgan fingerprint density at radius 3 is 2.50 bits per heavy atom. The van der Waals surface area contributed by atoms with Gasteiger partial charge < -0.3 is 15.4 Å². The molecule has 0 aromatic carbocycles. The minimum atomic E-state index is -0.928. The van der Waals surface area contributed by atoms with Crippen LogP contribution < -0.4 is 35.0 Å². The Morgan fingerprint density at radius 2 is 2.38 bits per heavy atom. The van der Waals surface area contributed by atoms with Gasteiger partial charge in [0.15, 0.2) is 0 Å². The summed E-state index contributed by atoms with van der Waals surface area (Å²) in [4.78, 5) is 9.77. The van der Waals surface area contributed by atoms with Gasteiger partial charge in [-0.15, -0.1) is 0 Å². The van der Waals surface area contributed by atoms with E-state index in [0.717, 1.165) is 5.48 Å². The van der Waals surface area contributed by atoms with Crippen LogP contribution in [0.1, 0.15) is 6.92 Å². The van der Waals surface area contributed by atoms with E-state index in [1.165, 1.54) is 0 Å². The summed E-state index contributed by atoms with van der Waals surface area (Å²) in [6.45, 7) is 1.85. The number of hydrogen-bond donors (Lipinski definition) is 1. The smallest absolute Gasteiger partial charge is 0.756 e. The maximum atomic E-state index is 9.77. The standard InChI is InChI=1S/C3H6NO3.Na/c1-2-7-3(5)4-6;/h2H2,1H3,(H-,4,5,6);/q-1;+1. The number of rotatable bonds is 1. The average Bonchev–Trinajstić information content (AvgIpc) is 1.68. The van der Waals surface area contributed by atoms with Gasteiger partial charge in [-0.05, 0) is 6.92 Å². The van der Waals surface area contributed by atoms with E-state index in [1.54, 1.807) is 6.92 Å². The quantitative estimate of drug-likeness (QED) is 0.306. The van der Waals surface area contributed by atoms with Crippen LogP contribution in [0.4, 0.5) is 4.79 Å². The van der Waals surface area contributed by atoms with Crippen molar-refractivity contribution in [2.75, 3.05) is 6.61 Å². The van der Waals surface area contributed by atoms with Gasteiger partial charge in [-0.25, -0.2) is 4.79 Å². The molecule has 1 amide bonds. The first-order valence-electron chi connectivity index (χ1n) is 1.86. The Balaban J connectivity index is 0. The Kier molecular flexibility index (Phi) is 10.0. The Labute approximate surface area is 69.5 Å². The number of amides is 1. The Bertz CT molecular complexity index is 67.5. The van der Waals surface area contributed by atoms with Crippen molar-refractivity contribution in [2.24, 2.45) is 0 Å². The van der Waals surface area contributed by atoms with Crippen LogP contribution in [0.15, 0.2) is 0 Å². The predicted molar refractivity (Wildman–Crippen MR) is 23.5 cm³/mol. The zero-order chi connectivity index (χ0) is 5.70. The van der Waals surface area contributed by atoms with E-state index in [0.29, 0.717) is 0 Å². The summed E-state index contributed by atoms with van der Waals surface area (Å²) in [5.41, 5.74) is 1.05. The second-order valence-electron chi connectivity index (χ2n) is 0.823. The van der Waals surface area contributed by atoms with Gasteiger partial charge in [-0.1, -0.05) is 0 Å². The molecule has 0 bridgehead atoms. The molecule has 0 aliphatic carbocycles. The van der Waals surface area contributed by atoms with Crippen LogP contribution in [0.2, 0.25) is 0 Å². The first-order valence-corrected chi connectivity index (χ1v) is 1.86. The van der Waals surface area contributed by atoms with Crippen molar-refractivity contribution >= 4 is 6.09 Å². The summed E-state index contributed by atoms with van der Waals surface area (Å²) in [6.07, 6.45) is -0.928. The van der Waals surface area contributed by atoms with Crippen molar-refractivity contribution in [1.82, 2.24) is 5.48 Å². The second kappa shape index (κ2) is 7.23. The van der Waals surface area contributed by atoms with E-state index < -0.39 is 6.09 Å². The Hall–Kier alpha value is 0.230. The fourth-order valence-electron chi connectivity index (χ4n) is 0.161. The monoisotopic (exact) mass is 127 g/mol. The zero-order valence-corrected chi connectivity index (χ0v) is 6.93. The summed E-state index contributed by atoms with van der Waals surface area (Å²) < 4.78 is 4.13. The molecule has 0 saturated heterocycles. The molecule has 1 N–H and O–H groups in total. The van der Waals surface area contributed by atoms with Gasteiger partial charge in [0.25, 0.3) is 0 Å². The minimum absolute atomic E-state index is 0. The van der Waals surface area contributed by atoms with E-state index in [-0.39, 0.29) is 36.2 Å². The summed E-state index contributed by atoms with van der Waals surface area (Å²) in [5, 5.41) is 9.30. The number of carbonyl (C=O) groups excluding carboxylic acids is 1. The summed E-state index contributed by atoms with van der Waals surface area (Å²) in [6, 6.07) is 0. The van der Waals surface area contributed by atoms with Crippen LogP contribution in [-0.2, 0) is 4.74 Å². The van der Waals surface area contributed by atoms with E-state index in [4.69, 9.17) is 0 Å². The molecule has 0 rings (SSSR count). The summed E-state index contributed by atoms with van der Waals surface area (Å²) >= 11 is 0. The Morgan fingerprint density at radius 1 is 1.88 bits per heavy atom. The minimum Gasteiger partial charge on any atom is -0.756 e. The molecule has 0 atom stereocenters. The molecule has 0 radical (unpaired) electrons. The SMILES string of the molecule is CCOC(=O)N[O-].[Na+]. The van der Waals surface area contributed by atoms with Crippen molar-refractivity contribution in [3.63, 3.8) is 0 Å². The van der Waals surface area contributed by atoms with E-state index >= 15 is 0 Å². The first kappa shape index (κ1) is 11.1. The molecule has 0 unspecified atom stereocenters. The molecule has 0 fully saturated rings. The fourth-order valence-corrected chi connectivity index (χ4v) is 0.161. The molecule has 8 heavy (non-hydrogen) atoms. The number of nitrogens with one attached hydrogen (secondary N) is 1. The van der Waals surface area contributed by atoms with E-state index in [1.807, 2.05) is 0 Å². The second-order valence-corrected chi connectivity index (χ2v) is 0.823. The molecule has 0 aliphatic rings. The first-order chi connectivity index (χ1) is 3.31. The molecule has 0 heterocycles. The third-order valence-electron chi connectivity index (χ3n) is 0.359. The molecule has 0 aromatic rings. The number of hydroxylamine groups is 1. The number of ether oxygens (including phenoxy) is 1. The van der Waals surface area contributed by atoms with Crippen LogP contribution >= 0.6 is 0 Å². The van der Waals surface area contributed by atoms with Crippen molar-refractivity contribution in [3.8, 4) is 0 Å². The van der Waals surface area contributed by atoms with E-state index in [9.17, 15) is 10.0 Å². The van der Waals surface area contributed by atoms with Gasteiger partial charge in [-0.3, -0.25) is 0 Å². The van der Waals surface area contributed by atoms with Crippen molar-refractivity contribution in [1.29, 1.82) is 0 Å². The topological polar surface area (TPSA) is 61.4 Å². The van der Waals surface area contributed by atoms with Crippen LogP contribution in [-0.4, -0.2) is 12.7 Å². The third kappa shape index (κ3) is 6.23.